The zero-order chi connectivity index (χ0) is 9.10. The molecule has 0 spiro atoms. The van der Waals surface area contributed by atoms with Crippen molar-refractivity contribution in [2.24, 2.45) is 0 Å². The summed E-state index contributed by atoms with van der Waals surface area (Å²) in [6.07, 6.45) is 3.21. The van der Waals surface area contributed by atoms with E-state index in [4.69, 9.17) is 11.6 Å². The van der Waals surface area contributed by atoms with Crippen LogP contribution in [-0.2, 0) is 5.88 Å². The molecule has 0 atom stereocenters. The third-order valence-electron chi connectivity index (χ3n) is 1.49. The number of nitrogens with one attached hydrogen (secondary N) is 1. The molecule has 0 aliphatic rings. The van der Waals surface area contributed by atoms with Gasteiger partial charge in [-0.3, -0.25) is 0 Å². The lowest BCUT2D eigenvalue weighted by Crippen LogP contribution is -1.92. The molecule has 0 aliphatic carbocycles. The maximum atomic E-state index is 5.63. The highest BCUT2D eigenvalue weighted by Gasteiger charge is 2.03. The van der Waals surface area contributed by atoms with E-state index in [1.165, 1.54) is 0 Å². The van der Waals surface area contributed by atoms with Gasteiger partial charge in [-0.2, -0.15) is 15.4 Å². The Bertz CT molecular complexity index is 386. The Morgan fingerprint density at radius 2 is 2.38 bits per heavy atom. The Morgan fingerprint density at radius 1 is 1.46 bits per heavy atom. The average Bonchev–Trinajstić information content (AvgIpc) is 2.71. The third-order valence-corrected chi connectivity index (χ3v) is 1.77. The van der Waals surface area contributed by atoms with Crippen LogP contribution in [0.3, 0.4) is 0 Å². The number of rotatable bonds is 2. The summed E-state index contributed by atoms with van der Waals surface area (Å²) in [6.45, 7) is 0. The van der Waals surface area contributed by atoms with Gasteiger partial charge in [0.2, 0.25) is 0 Å². The number of alkyl halides is 1. The number of H-pyrrole nitrogens is 1. The molecule has 0 saturated heterocycles. The number of aromatic amines is 1. The maximum Gasteiger partial charge on any atom is 0.181 e. The smallest absolute Gasteiger partial charge is 0.181 e. The molecule has 0 aliphatic heterocycles. The van der Waals surface area contributed by atoms with Crippen molar-refractivity contribution in [3.05, 3.63) is 24.2 Å². The van der Waals surface area contributed by atoms with E-state index in [0.717, 1.165) is 5.69 Å². The van der Waals surface area contributed by atoms with E-state index >= 15 is 0 Å². The molecule has 0 unspecified atom stereocenters. The van der Waals surface area contributed by atoms with Crippen molar-refractivity contribution in [3.8, 4) is 11.5 Å². The van der Waals surface area contributed by atoms with Gasteiger partial charge in [0.15, 0.2) is 5.82 Å². The number of nitrogens with zero attached hydrogens (tertiary/aromatic N) is 4. The topological polar surface area (TPSA) is 67.3 Å². The molecule has 13 heavy (non-hydrogen) atoms. The first-order valence-electron chi connectivity index (χ1n) is 3.64. The first-order valence-corrected chi connectivity index (χ1v) is 4.17. The van der Waals surface area contributed by atoms with Crippen LogP contribution in [0.1, 0.15) is 5.69 Å². The van der Waals surface area contributed by atoms with Gasteiger partial charge >= 0.3 is 0 Å². The van der Waals surface area contributed by atoms with Gasteiger partial charge in [-0.25, -0.2) is 9.97 Å². The molecule has 6 heteroatoms. The van der Waals surface area contributed by atoms with Gasteiger partial charge in [0.05, 0.1) is 17.8 Å². The van der Waals surface area contributed by atoms with Crippen molar-refractivity contribution < 1.29 is 0 Å². The highest BCUT2D eigenvalue weighted by molar-refractivity contribution is 6.16. The van der Waals surface area contributed by atoms with Crippen molar-refractivity contribution >= 4 is 11.6 Å². The lowest BCUT2D eigenvalue weighted by Gasteiger charge is -1.95. The summed E-state index contributed by atoms with van der Waals surface area (Å²) < 4.78 is 0. The summed E-state index contributed by atoms with van der Waals surface area (Å²) in [4.78, 5) is 8.21. The van der Waals surface area contributed by atoms with E-state index in [1.54, 1.807) is 18.5 Å². The SMILES string of the molecule is ClCc1ccnc(-c2cn[nH]n2)n1. The second-order valence-corrected chi connectivity index (χ2v) is 2.63. The minimum absolute atomic E-state index is 0.368. The fraction of sp³-hybridized carbons (Fsp3) is 0.143. The zero-order valence-electron chi connectivity index (χ0n) is 6.61. The van der Waals surface area contributed by atoms with Gasteiger partial charge in [0.1, 0.15) is 5.69 Å². The molecule has 0 amide bonds. The molecule has 2 heterocycles. The summed E-state index contributed by atoms with van der Waals surface area (Å²) >= 11 is 5.63. The number of hydrogen-bond acceptors (Lipinski definition) is 4. The molecule has 5 nitrogen and oxygen atoms in total. The highest BCUT2D eigenvalue weighted by atomic mass is 35.5. The van der Waals surface area contributed by atoms with E-state index < -0.39 is 0 Å². The van der Waals surface area contributed by atoms with Crippen LogP contribution in [0, 0.1) is 0 Å². The van der Waals surface area contributed by atoms with Crippen LogP contribution in [0.25, 0.3) is 11.5 Å². The number of halogens is 1. The standard InChI is InChI=1S/C7H6ClN5/c8-3-5-1-2-9-7(11-5)6-4-10-13-12-6/h1-2,4H,3H2,(H,10,12,13). The molecule has 2 aromatic heterocycles. The van der Waals surface area contributed by atoms with Crippen molar-refractivity contribution in [2.45, 2.75) is 5.88 Å². The number of aromatic nitrogens is 5. The van der Waals surface area contributed by atoms with Crippen molar-refractivity contribution in [1.29, 1.82) is 0 Å². The molecule has 0 bridgehead atoms. The Morgan fingerprint density at radius 3 is 3.08 bits per heavy atom. The van der Waals surface area contributed by atoms with Crippen LogP contribution in [-0.4, -0.2) is 25.4 Å². The molecule has 0 fully saturated rings. The predicted molar refractivity (Wildman–Crippen MR) is 47.0 cm³/mol. The van der Waals surface area contributed by atoms with E-state index in [-0.39, 0.29) is 0 Å². The summed E-state index contributed by atoms with van der Waals surface area (Å²) in [6, 6.07) is 1.76. The quantitative estimate of drug-likeness (QED) is 0.726. The average molecular weight is 196 g/mol. The lowest BCUT2D eigenvalue weighted by molar-refractivity contribution is 0.937. The van der Waals surface area contributed by atoms with Gasteiger partial charge in [-0.15, -0.1) is 11.6 Å². The summed E-state index contributed by atoms with van der Waals surface area (Å²) in [5.74, 6) is 0.903. The molecular formula is C7H6ClN5. The molecular weight excluding hydrogens is 190 g/mol. The van der Waals surface area contributed by atoms with Gasteiger partial charge in [-0.05, 0) is 6.07 Å². The van der Waals surface area contributed by atoms with Gasteiger partial charge < -0.3 is 0 Å². The molecule has 1 N–H and O–H groups in total. The van der Waals surface area contributed by atoms with Crippen LogP contribution in [0.4, 0.5) is 0 Å². The van der Waals surface area contributed by atoms with Crippen molar-refractivity contribution in [1.82, 2.24) is 25.4 Å². The zero-order valence-corrected chi connectivity index (χ0v) is 7.36. The summed E-state index contributed by atoms with van der Waals surface area (Å²) in [5.41, 5.74) is 1.39. The predicted octanol–water partition coefficient (Wildman–Crippen LogP) is 1.00. The molecule has 0 aromatic carbocycles. The van der Waals surface area contributed by atoms with E-state index in [1.807, 2.05) is 0 Å². The summed E-state index contributed by atoms with van der Waals surface area (Å²) in [5, 5.41) is 10.0. The third kappa shape index (κ3) is 1.65. The van der Waals surface area contributed by atoms with Crippen LogP contribution in [0.15, 0.2) is 18.5 Å². The maximum absolute atomic E-state index is 5.63. The van der Waals surface area contributed by atoms with Crippen molar-refractivity contribution in [2.75, 3.05) is 0 Å². The fourth-order valence-corrected chi connectivity index (χ4v) is 1.05. The van der Waals surface area contributed by atoms with E-state index in [9.17, 15) is 0 Å². The Labute approximate surface area is 79.2 Å². The van der Waals surface area contributed by atoms with Gasteiger partial charge in [0, 0.05) is 6.20 Å². The minimum atomic E-state index is 0.368. The first kappa shape index (κ1) is 8.12. The monoisotopic (exact) mass is 195 g/mol. The van der Waals surface area contributed by atoms with Crippen LogP contribution < -0.4 is 0 Å². The fourth-order valence-electron chi connectivity index (χ4n) is 0.903. The summed E-state index contributed by atoms with van der Waals surface area (Å²) in [7, 11) is 0. The molecule has 2 rings (SSSR count). The van der Waals surface area contributed by atoms with E-state index in [2.05, 4.69) is 25.4 Å². The van der Waals surface area contributed by atoms with Gasteiger partial charge in [-0.1, -0.05) is 0 Å². The second-order valence-electron chi connectivity index (χ2n) is 2.36. The first-order chi connectivity index (χ1) is 6.40. The Kier molecular flexibility index (Phi) is 2.18. The van der Waals surface area contributed by atoms with Crippen LogP contribution in [0.2, 0.25) is 0 Å². The normalized spacial score (nSPS) is 10.2. The largest absolute Gasteiger partial charge is 0.235 e. The number of hydrogen-bond donors (Lipinski definition) is 1. The molecule has 0 radical (unpaired) electrons. The van der Waals surface area contributed by atoms with Crippen LogP contribution >= 0.6 is 11.6 Å². The Hall–Kier alpha value is -1.49. The van der Waals surface area contributed by atoms with Gasteiger partial charge in [0.25, 0.3) is 0 Å². The minimum Gasteiger partial charge on any atom is -0.235 e. The molecule has 0 saturated carbocycles. The van der Waals surface area contributed by atoms with Crippen molar-refractivity contribution in [3.63, 3.8) is 0 Å². The Balaban J connectivity index is 2.41. The lowest BCUT2D eigenvalue weighted by atomic mass is 10.4. The molecule has 2 aromatic rings. The molecule has 66 valence electrons. The van der Waals surface area contributed by atoms with Crippen LogP contribution in [0.5, 0.6) is 0 Å². The van der Waals surface area contributed by atoms with E-state index in [0.29, 0.717) is 17.4 Å². The second kappa shape index (κ2) is 3.49. The highest BCUT2D eigenvalue weighted by Crippen LogP contribution is 2.09.